The highest BCUT2D eigenvalue weighted by atomic mass is 16.4. The Kier molecular flexibility index (Phi) is 5.86. The third kappa shape index (κ3) is 4.49. The van der Waals surface area contributed by atoms with Crippen LogP contribution in [0.15, 0.2) is 30.3 Å². The lowest BCUT2D eigenvalue weighted by Gasteiger charge is -2.31. The van der Waals surface area contributed by atoms with Crippen LogP contribution in [0.2, 0.25) is 0 Å². The second-order valence-electron chi connectivity index (χ2n) is 5.05. The molecule has 1 atom stereocenters. The molecule has 0 fully saturated rings. The number of carbonyl (C=O) groups is 1. The largest absolute Gasteiger partial charge is 0.480 e. The van der Waals surface area contributed by atoms with Crippen molar-refractivity contribution in [3.05, 3.63) is 35.9 Å². The fourth-order valence-corrected chi connectivity index (χ4v) is 2.32. The molecule has 0 amide bonds. The van der Waals surface area contributed by atoms with Crippen LogP contribution in [0, 0.1) is 5.92 Å². The van der Waals surface area contributed by atoms with Crippen LogP contribution >= 0.6 is 0 Å². The van der Waals surface area contributed by atoms with E-state index in [1.807, 2.05) is 18.2 Å². The van der Waals surface area contributed by atoms with Crippen LogP contribution < -0.4 is 0 Å². The molecule has 0 saturated heterocycles. The first-order valence-corrected chi connectivity index (χ1v) is 6.55. The molecule has 18 heavy (non-hydrogen) atoms. The minimum atomic E-state index is -0.759. The molecule has 0 spiro atoms. The smallest absolute Gasteiger partial charge is 0.317 e. The molecule has 1 N–H and O–H groups in total. The molecule has 0 aromatic heterocycles. The lowest BCUT2D eigenvalue weighted by atomic mass is 10.0. The van der Waals surface area contributed by atoms with E-state index in [4.69, 9.17) is 5.11 Å². The maximum Gasteiger partial charge on any atom is 0.317 e. The molecule has 0 aliphatic carbocycles. The van der Waals surface area contributed by atoms with Crippen molar-refractivity contribution in [1.29, 1.82) is 0 Å². The molecule has 1 aromatic rings. The van der Waals surface area contributed by atoms with Crippen molar-refractivity contribution < 1.29 is 9.90 Å². The molecule has 1 aromatic carbocycles. The fraction of sp³-hybridized carbons (Fsp3) is 0.533. The molecular formula is C15H23NO2. The van der Waals surface area contributed by atoms with E-state index in [-0.39, 0.29) is 12.6 Å². The van der Waals surface area contributed by atoms with Gasteiger partial charge in [-0.05, 0) is 17.9 Å². The van der Waals surface area contributed by atoms with Crippen LogP contribution in [0.1, 0.15) is 38.8 Å². The average molecular weight is 249 g/mol. The Labute approximate surface area is 109 Å². The molecule has 0 radical (unpaired) electrons. The van der Waals surface area contributed by atoms with Crippen molar-refractivity contribution in [1.82, 2.24) is 4.90 Å². The van der Waals surface area contributed by atoms with Crippen molar-refractivity contribution in [2.24, 2.45) is 5.92 Å². The molecule has 0 bridgehead atoms. The number of carboxylic acid groups (broad SMARTS) is 1. The molecule has 100 valence electrons. The van der Waals surface area contributed by atoms with Gasteiger partial charge in [-0.2, -0.15) is 0 Å². The van der Waals surface area contributed by atoms with E-state index < -0.39 is 5.97 Å². The molecule has 1 rings (SSSR count). The van der Waals surface area contributed by atoms with E-state index >= 15 is 0 Å². The van der Waals surface area contributed by atoms with Crippen LogP contribution in [0.4, 0.5) is 0 Å². The zero-order valence-electron chi connectivity index (χ0n) is 11.5. The third-order valence-electron chi connectivity index (χ3n) is 2.95. The maximum atomic E-state index is 11.0. The van der Waals surface area contributed by atoms with E-state index in [0.29, 0.717) is 5.92 Å². The monoisotopic (exact) mass is 249 g/mol. The molecule has 0 aliphatic heterocycles. The van der Waals surface area contributed by atoms with Gasteiger partial charge in [-0.1, -0.05) is 51.1 Å². The topological polar surface area (TPSA) is 40.5 Å². The highest BCUT2D eigenvalue weighted by Gasteiger charge is 2.21. The maximum absolute atomic E-state index is 11.0. The first kappa shape index (κ1) is 14.7. The number of hydrogen-bond donors (Lipinski definition) is 1. The summed E-state index contributed by atoms with van der Waals surface area (Å²) in [5.74, 6) is -0.299. The Morgan fingerprint density at radius 2 is 1.89 bits per heavy atom. The molecular weight excluding hydrogens is 226 g/mol. The van der Waals surface area contributed by atoms with Crippen LogP contribution in [0.3, 0.4) is 0 Å². The van der Waals surface area contributed by atoms with Crippen molar-refractivity contribution in [3.63, 3.8) is 0 Å². The van der Waals surface area contributed by atoms with Gasteiger partial charge in [0.1, 0.15) is 0 Å². The SMILES string of the molecule is CCC(c1ccccc1)N(CC(=O)O)CC(C)C. The molecule has 0 saturated carbocycles. The van der Waals surface area contributed by atoms with Gasteiger partial charge >= 0.3 is 5.97 Å². The summed E-state index contributed by atoms with van der Waals surface area (Å²) in [6.07, 6.45) is 0.921. The summed E-state index contributed by atoms with van der Waals surface area (Å²) in [5.41, 5.74) is 1.20. The van der Waals surface area contributed by atoms with E-state index in [1.54, 1.807) is 0 Å². The number of carboxylic acids is 1. The van der Waals surface area contributed by atoms with Crippen LogP contribution in [0.5, 0.6) is 0 Å². The van der Waals surface area contributed by atoms with Crippen molar-refractivity contribution in [3.8, 4) is 0 Å². The molecule has 3 nitrogen and oxygen atoms in total. The lowest BCUT2D eigenvalue weighted by molar-refractivity contribution is -0.139. The summed E-state index contributed by atoms with van der Waals surface area (Å²) in [4.78, 5) is 13.1. The summed E-state index contributed by atoms with van der Waals surface area (Å²) in [6.45, 7) is 7.25. The second kappa shape index (κ2) is 7.17. The third-order valence-corrected chi connectivity index (χ3v) is 2.95. The van der Waals surface area contributed by atoms with Crippen molar-refractivity contribution >= 4 is 5.97 Å². The molecule has 3 heteroatoms. The summed E-state index contributed by atoms with van der Waals surface area (Å²) in [7, 11) is 0. The van der Waals surface area contributed by atoms with Crippen LogP contribution in [0.25, 0.3) is 0 Å². The Balaban J connectivity index is 2.89. The quantitative estimate of drug-likeness (QED) is 0.807. The van der Waals surface area contributed by atoms with E-state index in [1.165, 1.54) is 5.56 Å². The van der Waals surface area contributed by atoms with Gasteiger partial charge in [-0.25, -0.2) is 0 Å². The number of aliphatic carboxylic acids is 1. The van der Waals surface area contributed by atoms with Gasteiger partial charge < -0.3 is 5.11 Å². The Morgan fingerprint density at radius 1 is 1.28 bits per heavy atom. The zero-order valence-corrected chi connectivity index (χ0v) is 11.5. The van der Waals surface area contributed by atoms with E-state index in [2.05, 4.69) is 37.8 Å². The summed E-state index contributed by atoms with van der Waals surface area (Å²) in [5, 5.41) is 9.05. The van der Waals surface area contributed by atoms with E-state index in [0.717, 1.165) is 13.0 Å². The standard InChI is InChI=1S/C15H23NO2/c1-4-14(13-8-6-5-7-9-13)16(10-12(2)3)11-15(17)18/h5-9,12,14H,4,10-11H2,1-3H3,(H,17,18). The highest BCUT2D eigenvalue weighted by Crippen LogP contribution is 2.24. The van der Waals surface area contributed by atoms with Gasteiger partial charge in [0, 0.05) is 12.6 Å². The number of rotatable bonds is 7. The minimum absolute atomic E-state index is 0.103. The Morgan fingerprint density at radius 3 is 2.33 bits per heavy atom. The number of benzene rings is 1. The van der Waals surface area contributed by atoms with Gasteiger partial charge in [0.25, 0.3) is 0 Å². The molecule has 1 unspecified atom stereocenters. The molecule has 0 aliphatic rings. The minimum Gasteiger partial charge on any atom is -0.480 e. The van der Waals surface area contributed by atoms with Crippen molar-refractivity contribution in [2.45, 2.75) is 33.2 Å². The average Bonchev–Trinajstić information content (AvgIpc) is 2.29. The normalized spacial score (nSPS) is 12.9. The fourth-order valence-electron chi connectivity index (χ4n) is 2.32. The van der Waals surface area contributed by atoms with Gasteiger partial charge in [-0.15, -0.1) is 0 Å². The summed E-state index contributed by atoms with van der Waals surface area (Å²) in [6, 6.07) is 10.3. The van der Waals surface area contributed by atoms with Gasteiger partial charge in [0.2, 0.25) is 0 Å². The summed E-state index contributed by atoms with van der Waals surface area (Å²) < 4.78 is 0. The van der Waals surface area contributed by atoms with Gasteiger partial charge in [-0.3, -0.25) is 9.69 Å². The van der Waals surface area contributed by atoms with Gasteiger partial charge in [0.15, 0.2) is 0 Å². The van der Waals surface area contributed by atoms with Gasteiger partial charge in [0.05, 0.1) is 6.54 Å². The lowest BCUT2D eigenvalue weighted by Crippen LogP contribution is -2.36. The van der Waals surface area contributed by atoms with Crippen LogP contribution in [-0.4, -0.2) is 29.1 Å². The first-order chi connectivity index (χ1) is 8.54. The zero-order chi connectivity index (χ0) is 13.5. The Hall–Kier alpha value is -1.35. The van der Waals surface area contributed by atoms with E-state index in [9.17, 15) is 4.79 Å². The first-order valence-electron chi connectivity index (χ1n) is 6.55. The highest BCUT2D eigenvalue weighted by molar-refractivity contribution is 5.69. The molecule has 0 heterocycles. The van der Waals surface area contributed by atoms with Crippen molar-refractivity contribution in [2.75, 3.05) is 13.1 Å². The summed E-state index contributed by atoms with van der Waals surface area (Å²) >= 11 is 0. The second-order valence-corrected chi connectivity index (χ2v) is 5.05. The predicted molar refractivity (Wildman–Crippen MR) is 73.5 cm³/mol. The number of nitrogens with zero attached hydrogens (tertiary/aromatic N) is 1. The van der Waals surface area contributed by atoms with Crippen LogP contribution in [-0.2, 0) is 4.79 Å². The number of hydrogen-bond acceptors (Lipinski definition) is 2. The Bertz CT molecular complexity index is 362. The predicted octanol–water partition coefficient (Wildman–Crippen LogP) is 3.18.